The third kappa shape index (κ3) is 2.20. The van der Waals surface area contributed by atoms with Gasteiger partial charge in [-0.05, 0) is 5.92 Å². The fourth-order valence-corrected chi connectivity index (χ4v) is 1.19. The standard InChI is InChI=1S/C10H14FNO2/c1-6(2)10(13)7-4-9(11)12-5-8(7)14-3/h4-6,10,13H,1-3H3. The van der Waals surface area contributed by atoms with Crippen LogP contribution < -0.4 is 4.74 Å². The summed E-state index contributed by atoms with van der Waals surface area (Å²) in [6.07, 6.45) is 0.540. The van der Waals surface area contributed by atoms with Crippen LogP contribution in [0.15, 0.2) is 12.3 Å². The fourth-order valence-electron chi connectivity index (χ4n) is 1.19. The van der Waals surface area contributed by atoms with Gasteiger partial charge in [0, 0.05) is 11.6 Å². The Balaban J connectivity index is 3.10. The highest BCUT2D eigenvalue weighted by molar-refractivity contribution is 5.32. The second-order valence-corrected chi connectivity index (χ2v) is 3.44. The fraction of sp³-hybridized carbons (Fsp3) is 0.500. The van der Waals surface area contributed by atoms with Crippen molar-refractivity contribution in [2.75, 3.05) is 7.11 Å². The predicted molar refractivity (Wildman–Crippen MR) is 50.5 cm³/mol. The third-order valence-electron chi connectivity index (χ3n) is 2.03. The zero-order valence-electron chi connectivity index (χ0n) is 8.49. The minimum Gasteiger partial charge on any atom is -0.495 e. The molecule has 3 nitrogen and oxygen atoms in total. The van der Waals surface area contributed by atoms with Crippen molar-refractivity contribution in [2.45, 2.75) is 20.0 Å². The SMILES string of the molecule is COc1cnc(F)cc1C(O)C(C)C. The number of halogens is 1. The number of rotatable bonds is 3. The van der Waals surface area contributed by atoms with Crippen LogP contribution in [-0.4, -0.2) is 17.2 Å². The second-order valence-electron chi connectivity index (χ2n) is 3.44. The van der Waals surface area contributed by atoms with Gasteiger partial charge in [0.1, 0.15) is 5.75 Å². The predicted octanol–water partition coefficient (Wildman–Crippen LogP) is 1.92. The van der Waals surface area contributed by atoms with Gasteiger partial charge in [-0.2, -0.15) is 4.39 Å². The first-order valence-electron chi connectivity index (χ1n) is 4.43. The van der Waals surface area contributed by atoms with Gasteiger partial charge in [-0.15, -0.1) is 0 Å². The van der Waals surface area contributed by atoms with E-state index in [1.54, 1.807) is 0 Å². The largest absolute Gasteiger partial charge is 0.495 e. The summed E-state index contributed by atoms with van der Waals surface area (Å²) in [6, 6.07) is 1.20. The van der Waals surface area contributed by atoms with Crippen molar-refractivity contribution >= 4 is 0 Å². The summed E-state index contributed by atoms with van der Waals surface area (Å²) < 4.78 is 17.8. The van der Waals surface area contributed by atoms with Crippen LogP contribution in [0.2, 0.25) is 0 Å². The average Bonchev–Trinajstić information content (AvgIpc) is 2.16. The van der Waals surface area contributed by atoms with Gasteiger partial charge < -0.3 is 9.84 Å². The highest BCUT2D eigenvalue weighted by atomic mass is 19.1. The number of aliphatic hydroxyl groups excluding tert-OH is 1. The molecule has 0 spiro atoms. The molecule has 0 saturated carbocycles. The molecular weight excluding hydrogens is 185 g/mol. The number of hydrogen-bond acceptors (Lipinski definition) is 3. The minimum absolute atomic E-state index is 0.00528. The molecule has 1 N–H and O–H groups in total. The van der Waals surface area contributed by atoms with Gasteiger partial charge in [0.05, 0.1) is 19.4 Å². The van der Waals surface area contributed by atoms with Gasteiger partial charge in [-0.3, -0.25) is 0 Å². The van der Waals surface area contributed by atoms with Gasteiger partial charge in [-0.25, -0.2) is 4.98 Å². The van der Waals surface area contributed by atoms with E-state index in [4.69, 9.17) is 4.74 Å². The van der Waals surface area contributed by atoms with Gasteiger partial charge >= 0.3 is 0 Å². The second kappa shape index (κ2) is 4.37. The zero-order valence-corrected chi connectivity index (χ0v) is 8.49. The van der Waals surface area contributed by atoms with Crippen molar-refractivity contribution in [1.29, 1.82) is 0 Å². The summed E-state index contributed by atoms with van der Waals surface area (Å²) in [6.45, 7) is 3.70. The highest BCUT2D eigenvalue weighted by Gasteiger charge is 2.17. The summed E-state index contributed by atoms with van der Waals surface area (Å²) in [5.74, 6) is -0.196. The van der Waals surface area contributed by atoms with Crippen LogP contribution in [0.3, 0.4) is 0 Å². The molecule has 0 aromatic carbocycles. The van der Waals surface area contributed by atoms with E-state index in [0.29, 0.717) is 11.3 Å². The monoisotopic (exact) mass is 199 g/mol. The van der Waals surface area contributed by atoms with Gasteiger partial charge in [-0.1, -0.05) is 13.8 Å². The molecule has 1 unspecified atom stereocenters. The Kier molecular flexibility index (Phi) is 3.41. The lowest BCUT2D eigenvalue weighted by molar-refractivity contribution is 0.123. The van der Waals surface area contributed by atoms with Crippen molar-refractivity contribution in [3.63, 3.8) is 0 Å². The summed E-state index contributed by atoms with van der Waals surface area (Å²) in [4.78, 5) is 3.45. The number of pyridine rings is 1. The molecule has 0 amide bonds. The third-order valence-corrected chi connectivity index (χ3v) is 2.03. The van der Waals surface area contributed by atoms with E-state index in [1.807, 2.05) is 13.8 Å². The molecule has 0 aliphatic carbocycles. The van der Waals surface area contributed by atoms with E-state index in [0.717, 1.165) is 0 Å². The molecule has 1 atom stereocenters. The van der Waals surface area contributed by atoms with Gasteiger partial charge in [0.15, 0.2) is 0 Å². The smallest absolute Gasteiger partial charge is 0.213 e. The van der Waals surface area contributed by atoms with Crippen LogP contribution in [0, 0.1) is 11.9 Å². The normalized spacial score (nSPS) is 13.0. The number of ether oxygens (including phenoxy) is 1. The molecule has 0 aliphatic heterocycles. The molecule has 0 saturated heterocycles. The Morgan fingerprint density at radius 3 is 2.64 bits per heavy atom. The van der Waals surface area contributed by atoms with Crippen molar-refractivity contribution < 1.29 is 14.2 Å². The Hall–Kier alpha value is -1.16. The molecule has 0 radical (unpaired) electrons. The molecular formula is C10H14FNO2. The summed E-state index contributed by atoms with van der Waals surface area (Å²) >= 11 is 0. The zero-order chi connectivity index (χ0) is 10.7. The average molecular weight is 199 g/mol. The van der Waals surface area contributed by atoms with Crippen LogP contribution in [0.4, 0.5) is 4.39 Å². The van der Waals surface area contributed by atoms with Crippen LogP contribution in [0.25, 0.3) is 0 Å². The minimum atomic E-state index is -0.734. The Labute approximate surface area is 82.5 Å². The lowest BCUT2D eigenvalue weighted by Gasteiger charge is -2.17. The molecule has 78 valence electrons. The summed E-state index contributed by atoms with van der Waals surface area (Å²) in [5.41, 5.74) is 0.440. The molecule has 0 aliphatic rings. The molecule has 1 rings (SSSR count). The lowest BCUT2D eigenvalue weighted by atomic mass is 9.99. The first-order valence-corrected chi connectivity index (χ1v) is 4.43. The quantitative estimate of drug-likeness (QED) is 0.756. The van der Waals surface area contributed by atoms with E-state index in [-0.39, 0.29) is 5.92 Å². The Bertz CT molecular complexity index is 315. The van der Waals surface area contributed by atoms with Crippen molar-refractivity contribution in [3.8, 4) is 5.75 Å². The van der Waals surface area contributed by atoms with E-state index < -0.39 is 12.1 Å². The first-order chi connectivity index (χ1) is 6.56. The number of aromatic nitrogens is 1. The Morgan fingerprint density at radius 2 is 2.14 bits per heavy atom. The van der Waals surface area contributed by atoms with Crippen molar-refractivity contribution in [2.24, 2.45) is 5.92 Å². The summed E-state index contributed by atoms with van der Waals surface area (Å²) in [5, 5.41) is 9.76. The van der Waals surface area contributed by atoms with Gasteiger partial charge in [0.2, 0.25) is 5.95 Å². The number of methoxy groups -OCH3 is 1. The molecule has 1 aromatic heterocycles. The number of aliphatic hydroxyl groups is 1. The number of nitrogens with zero attached hydrogens (tertiary/aromatic N) is 1. The maximum Gasteiger partial charge on any atom is 0.213 e. The van der Waals surface area contributed by atoms with Crippen LogP contribution >= 0.6 is 0 Å². The lowest BCUT2D eigenvalue weighted by Crippen LogP contribution is -2.08. The van der Waals surface area contributed by atoms with Gasteiger partial charge in [0.25, 0.3) is 0 Å². The summed E-state index contributed by atoms with van der Waals surface area (Å²) in [7, 11) is 1.46. The van der Waals surface area contributed by atoms with Crippen molar-refractivity contribution in [1.82, 2.24) is 4.98 Å². The van der Waals surface area contributed by atoms with Crippen LogP contribution in [-0.2, 0) is 0 Å². The molecule has 0 bridgehead atoms. The molecule has 14 heavy (non-hydrogen) atoms. The van der Waals surface area contributed by atoms with Crippen LogP contribution in [0.1, 0.15) is 25.5 Å². The van der Waals surface area contributed by atoms with E-state index in [1.165, 1.54) is 19.4 Å². The maximum absolute atomic E-state index is 12.8. The molecule has 1 aromatic rings. The van der Waals surface area contributed by atoms with E-state index in [9.17, 15) is 9.50 Å². The van der Waals surface area contributed by atoms with Crippen molar-refractivity contribution in [3.05, 3.63) is 23.8 Å². The van der Waals surface area contributed by atoms with E-state index >= 15 is 0 Å². The Morgan fingerprint density at radius 1 is 1.50 bits per heavy atom. The molecule has 0 fully saturated rings. The molecule has 4 heteroatoms. The van der Waals surface area contributed by atoms with E-state index in [2.05, 4.69) is 4.98 Å². The maximum atomic E-state index is 12.8. The first kappa shape index (κ1) is 10.9. The highest BCUT2D eigenvalue weighted by Crippen LogP contribution is 2.29. The number of hydrogen-bond donors (Lipinski definition) is 1. The van der Waals surface area contributed by atoms with Crippen LogP contribution in [0.5, 0.6) is 5.75 Å². The topological polar surface area (TPSA) is 42.4 Å². The molecule has 1 heterocycles.